The van der Waals surface area contributed by atoms with Crippen LogP contribution < -0.4 is 5.19 Å². The Hall–Kier alpha value is 0.241. The summed E-state index contributed by atoms with van der Waals surface area (Å²) in [4.78, 5) is 0. The number of rotatable bonds is 18. The van der Waals surface area contributed by atoms with Gasteiger partial charge in [0.1, 0.15) is 0 Å². The molecule has 3 unspecified atom stereocenters. The summed E-state index contributed by atoms with van der Waals surface area (Å²) in [6, 6.07) is 10.3. The third-order valence-electron chi connectivity index (χ3n) is 4.70. The zero-order chi connectivity index (χ0) is 27.7. The first-order valence-electron chi connectivity index (χ1n) is 13.1. The fraction of sp³-hybridized carbons (Fsp3) is 0.806. The summed E-state index contributed by atoms with van der Waals surface area (Å²) >= 11 is 0. The van der Waals surface area contributed by atoms with Gasteiger partial charge < -0.3 is 30.0 Å². The van der Waals surface area contributed by atoms with Gasteiger partial charge >= 0.3 is 35.0 Å². The summed E-state index contributed by atoms with van der Waals surface area (Å²) in [5.41, 5.74) is 0. The van der Waals surface area contributed by atoms with Crippen molar-refractivity contribution in [1.82, 2.24) is 0 Å². The molecule has 7 nitrogen and oxygen atoms in total. The zero-order valence-corrected chi connectivity index (χ0v) is 31.0. The fourth-order valence-corrected chi connectivity index (χ4v) is 29.6. The Morgan fingerprint density at radius 3 is 1.45 bits per heavy atom. The molecule has 1 rings (SSSR count). The van der Waals surface area contributed by atoms with Gasteiger partial charge in [0.25, 0.3) is 0 Å². The molecule has 13 heteroatoms. The van der Waals surface area contributed by atoms with Gasteiger partial charge in [0.15, 0.2) is 16.6 Å². The van der Waals surface area contributed by atoms with E-state index in [0.717, 1.165) is 18.2 Å². The minimum Gasteiger partial charge on any atom is -0.437 e. The molecule has 0 aliphatic heterocycles. The molecule has 44 heavy (non-hydrogen) atoms. The van der Waals surface area contributed by atoms with Crippen LogP contribution in [0.2, 0.25) is 72.0 Å². The zero-order valence-electron chi connectivity index (χ0n) is 24.9. The number of hydrogen-bond donors (Lipinski definition) is 0. The molecule has 0 heterocycles. The smallest absolute Gasteiger partial charge is 0.351 e. The first-order valence-corrected chi connectivity index (χ1v) is 29.6. The Bertz CT molecular complexity index is 764. The van der Waals surface area contributed by atoms with E-state index in [4.69, 9.17) is 30.0 Å². The molecule has 0 saturated carbocycles. The molecule has 0 amide bonds. The van der Waals surface area contributed by atoms with Gasteiger partial charge in [-0.3, -0.25) is 0 Å². The van der Waals surface area contributed by atoms with Crippen molar-refractivity contribution in [2.45, 2.75) is 145 Å². The lowest BCUT2D eigenvalue weighted by atomic mass is 10.4. The van der Waals surface area contributed by atoms with Crippen LogP contribution in [0.5, 0.6) is 0 Å². The molecule has 0 N–H and O–H groups in total. The maximum atomic E-state index is 6.87. The summed E-state index contributed by atoms with van der Waals surface area (Å²) < 4.78 is 45.1. The summed E-state index contributed by atoms with van der Waals surface area (Å²) in [6.07, 6.45) is 1.46. The molecule has 274 valence electrons. The average Bonchev–Trinajstić information content (AvgIpc) is 2.67. The van der Waals surface area contributed by atoms with Crippen LogP contribution >= 0.6 is 0 Å². The normalized spacial score (nSPS) is 14.3. The van der Waals surface area contributed by atoms with E-state index in [2.05, 4.69) is 91.1 Å². The monoisotopic (exact) mass is 736 g/mol. The van der Waals surface area contributed by atoms with E-state index in [9.17, 15) is 0 Å². The summed E-state index contributed by atoms with van der Waals surface area (Å²) in [5.74, 6) is 0. The molecule has 0 fully saturated rings. The SMILES string of the molecule is C.C.C.C.C.C.C.C.CCCOCCOC[Si](C)(O[SiH](C)O[Si](C)(O[Si](C)(C)O[Si](C)(C)C)c1ccccc1)O[Si](C)(C)C. The molecule has 0 spiro atoms. The van der Waals surface area contributed by atoms with Crippen molar-refractivity contribution < 1.29 is 30.0 Å². The molecular weight excluding hydrogens is 653 g/mol. The Morgan fingerprint density at radius 1 is 0.568 bits per heavy atom. The van der Waals surface area contributed by atoms with Gasteiger partial charge in [-0.15, -0.1) is 0 Å². The predicted molar refractivity (Wildman–Crippen MR) is 218 cm³/mol. The third kappa shape index (κ3) is 27.4. The van der Waals surface area contributed by atoms with Gasteiger partial charge in [-0.1, -0.05) is 96.7 Å². The van der Waals surface area contributed by atoms with Crippen molar-refractivity contribution in [3.8, 4) is 0 Å². The molecule has 0 aliphatic carbocycles. The highest BCUT2D eigenvalue weighted by Crippen LogP contribution is 2.24. The van der Waals surface area contributed by atoms with E-state index in [0.29, 0.717) is 19.4 Å². The minimum atomic E-state index is -2.82. The first-order chi connectivity index (χ1) is 16.4. The maximum Gasteiger partial charge on any atom is 0.351 e. The van der Waals surface area contributed by atoms with E-state index in [-0.39, 0.29) is 59.4 Å². The molecule has 0 aromatic heterocycles. The van der Waals surface area contributed by atoms with Crippen LogP contribution in [-0.4, -0.2) is 77.7 Å². The Morgan fingerprint density at radius 2 is 1.02 bits per heavy atom. The van der Waals surface area contributed by atoms with E-state index in [1.807, 2.05) is 18.2 Å². The van der Waals surface area contributed by atoms with Crippen LogP contribution in [0.1, 0.15) is 72.8 Å². The highest BCUT2D eigenvalue weighted by atomic mass is 28.5. The van der Waals surface area contributed by atoms with Gasteiger partial charge in [-0.25, -0.2) is 0 Å². The Kier molecular flexibility index (Phi) is 39.0. The lowest BCUT2D eigenvalue weighted by Gasteiger charge is -2.41. The second-order valence-corrected chi connectivity index (χ2v) is 33.6. The second-order valence-electron chi connectivity index (χ2n) is 11.8. The highest BCUT2D eigenvalue weighted by molar-refractivity contribution is 6.93. The molecule has 1 aromatic rings. The quantitative estimate of drug-likeness (QED) is 0.110. The van der Waals surface area contributed by atoms with Gasteiger partial charge in [0.2, 0.25) is 0 Å². The van der Waals surface area contributed by atoms with Crippen molar-refractivity contribution in [2.75, 3.05) is 26.1 Å². The molecule has 0 aliphatic rings. The van der Waals surface area contributed by atoms with Crippen molar-refractivity contribution in [3.05, 3.63) is 30.3 Å². The summed E-state index contributed by atoms with van der Waals surface area (Å²) in [7, 11) is -13.7. The second kappa shape index (κ2) is 27.2. The largest absolute Gasteiger partial charge is 0.437 e. The minimum absolute atomic E-state index is 0. The predicted octanol–water partition coefficient (Wildman–Crippen LogP) is 10.4. The van der Waals surface area contributed by atoms with Crippen LogP contribution in [-0.2, 0) is 30.0 Å². The number of hydrogen-bond acceptors (Lipinski definition) is 7. The van der Waals surface area contributed by atoms with Gasteiger partial charge in [-0.2, -0.15) is 0 Å². The lowest BCUT2D eigenvalue weighted by molar-refractivity contribution is 0.0560. The topological polar surface area (TPSA) is 64.6 Å². The molecule has 0 radical (unpaired) electrons. The number of benzene rings is 1. The third-order valence-corrected chi connectivity index (χ3v) is 25.4. The summed E-state index contributed by atoms with van der Waals surface area (Å²) in [5, 5.41) is 1.09. The molecule has 3 atom stereocenters. The molecule has 1 aromatic carbocycles. The van der Waals surface area contributed by atoms with Crippen molar-refractivity contribution in [1.29, 1.82) is 0 Å². The molecular formula is C31H84O7Si6. The van der Waals surface area contributed by atoms with Crippen molar-refractivity contribution >= 4 is 56.8 Å². The van der Waals surface area contributed by atoms with Crippen LogP contribution in [0.15, 0.2) is 30.3 Å². The van der Waals surface area contributed by atoms with Crippen molar-refractivity contribution in [3.63, 3.8) is 0 Å². The van der Waals surface area contributed by atoms with Crippen LogP contribution in [0.25, 0.3) is 0 Å². The molecule has 0 bridgehead atoms. The lowest BCUT2D eigenvalue weighted by Crippen LogP contribution is -2.63. The maximum absolute atomic E-state index is 6.87. The summed E-state index contributed by atoms with van der Waals surface area (Å²) in [6.45, 7) is 27.7. The Labute approximate surface area is 287 Å². The van der Waals surface area contributed by atoms with E-state index < -0.39 is 51.6 Å². The van der Waals surface area contributed by atoms with E-state index in [1.165, 1.54) is 0 Å². The fourth-order valence-electron chi connectivity index (χ4n) is 4.17. The number of ether oxygens (including phenoxy) is 2. The Balaban J connectivity index is -0.000000270. The first kappa shape index (κ1) is 63.0. The highest BCUT2D eigenvalue weighted by Gasteiger charge is 2.47. The van der Waals surface area contributed by atoms with Crippen molar-refractivity contribution in [2.24, 2.45) is 0 Å². The van der Waals surface area contributed by atoms with Gasteiger partial charge in [0, 0.05) is 6.61 Å². The average molecular weight is 738 g/mol. The van der Waals surface area contributed by atoms with Gasteiger partial charge in [-0.05, 0) is 83.6 Å². The van der Waals surface area contributed by atoms with Crippen LogP contribution in [0.4, 0.5) is 0 Å². The molecule has 0 saturated heterocycles. The van der Waals surface area contributed by atoms with E-state index in [1.54, 1.807) is 0 Å². The van der Waals surface area contributed by atoms with E-state index >= 15 is 0 Å². The van der Waals surface area contributed by atoms with Gasteiger partial charge in [0.05, 0.1) is 19.4 Å². The standard InChI is InChI=1S/C23H52O7Si6.8CH4/c1-13-19-24-20-21-25-22-35(11,29-33(6,7)8)26-31(2)27-36(12,23-17-15-14-16-18-23)30-34(9,10)28-32(3,4)5;;;;;;;;/h14-18,31H,13,19-22H2,1-12H3;8*1H4. The van der Waals surface area contributed by atoms with Crippen LogP contribution in [0, 0.1) is 0 Å². The van der Waals surface area contributed by atoms with Crippen LogP contribution in [0.3, 0.4) is 0 Å².